The van der Waals surface area contributed by atoms with Gasteiger partial charge in [-0.3, -0.25) is 5.10 Å². The predicted octanol–water partition coefficient (Wildman–Crippen LogP) is 0.0737. The molecule has 0 unspecified atom stereocenters. The fourth-order valence-corrected chi connectivity index (χ4v) is 2.31. The van der Waals surface area contributed by atoms with Crippen molar-refractivity contribution in [1.82, 2.24) is 15.1 Å². The molecule has 3 N–H and O–H groups in total. The summed E-state index contributed by atoms with van der Waals surface area (Å²) < 4.78 is 0. The molecule has 1 aromatic rings. The van der Waals surface area contributed by atoms with E-state index < -0.39 is 0 Å². The maximum atomic E-state index is 8.97. The number of aliphatic hydroxyl groups excluding tert-OH is 2. The number of β-amino-alcohol motifs (C(OH)–C–C–N with tert-alkyl or cyclic N) is 1. The Morgan fingerprint density at radius 1 is 1.50 bits per heavy atom. The molecule has 0 aromatic carbocycles. The Labute approximate surface area is 95.1 Å². The minimum atomic E-state index is 0.0140. The van der Waals surface area contributed by atoms with Gasteiger partial charge in [0.15, 0.2) is 0 Å². The van der Waals surface area contributed by atoms with Crippen LogP contribution in [0.4, 0.5) is 0 Å². The fraction of sp³-hybridized carbons (Fsp3) is 0.727. The van der Waals surface area contributed by atoms with Crippen molar-refractivity contribution in [2.75, 3.05) is 26.2 Å². The molecule has 1 atom stereocenters. The number of aromatic amines is 1. The SMILES string of the molecule is OCCN1CCC[C@@H](c2cc(CO)[nH]n2)C1. The number of H-pyrrole nitrogens is 1. The number of hydrogen-bond acceptors (Lipinski definition) is 4. The average Bonchev–Trinajstić information content (AvgIpc) is 2.78. The molecule has 2 rings (SSSR count). The number of nitrogens with zero attached hydrogens (tertiary/aromatic N) is 2. The number of aromatic nitrogens is 2. The van der Waals surface area contributed by atoms with Gasteiger partial charge in [0, 0.05) is 19.0 Å². The van der Waals surface area contributed by atoms with E-state index in [9.17, 15) is 0 Å². The predicted molar refractivity (Wildman–Crippen MR) is 60.0 cm³/mol. The highest BCUT2D eigenvalue weighted by Gasteiger charge is 2.22. The highest BCUT2D eigenvalue weighted by atomic mass is 16.3. The number of likely N-dealkylation sites (tertiary alicyclic amines) is 1. The summed E-state index contributed by atoms with van der Waals surface area (Å²) >= 11 is 0. The van der Waals surface area contributed by atoms with E-state index in [1.807, 2.05) is 6.07 Å². The van der Waals surface area contributed by atoms with Gasteiger partial charge in [0.1, 0.15) is 0 Å². The molecule has 90 valence electrons. The third-order valence-electron chi connectivity index (χ3n) is 3.16. The number of hydrogen-bond donors (Lipinski definition) is 3. The van der Waals surface area contributed by atoms with Crippen LogP contribution in [0.25, 0.3) is 0 Å². The smallest absolute Gasteiger partial charge is 0.0847 e. The summed E-state index contributed by atoms with van der Waals surface area (Å²) in [6, 6.07) is 1.94. The first-order valence-corrected chi connectivity index (χ1v) is 5.81. The highest BCUT2D eigenvalue weighted by Crippen LogP contribution is 2.25. The molecule has 1 fully saturated rings. The summed E-state index contributed by atoms with van der Waals surface area (Å²) in [5, 5.41) is 25.0. The van der Waals surface area contributed by atoms with Gasteiger partial charge in [-0.05, 0) is 25.5 Å². The van der Waals surface area contributed by atoms with Crippen LogP contribution in [0.15, 0.2) is 6.07 Å². The summed E-state index contributed by atoms with van der Waals surface area (Å²) in [6.45, 7) is 2.99. The Morgan fingerprint density at radius 3 is 3.06 bits per heavy atom. The van der Waals surface area contributed by atoms with E-state index in [4.69, 9.17) is 10.2 Å². The largest absolute Gasteiger partial charge is 0.395 e. The molecular formula is C11H19N3O2. The van der Waals surface area contributed by atoms with Crippen molar-refractivity contribution in [2.45, 2.75) is 25.4 Å². The van der Waals surface area contributed by atoms with Gasteiger partial charge in [0.25, 0.3) is 0 Å². The van der Waals surface area contributed by atoms with Crippen molar-refractivity contribution < 1.29 is 10.2 Å². The highest BCUT2D eigenvalue weighted by molar-refractivity contribution is 5.13. The van der Waals surface area contributed by atoms with Gasteiger partial charge >= 0.3 is 0 Å². The van der Waals surface area contributed by atoms with Crippen LogP contribution in [0.1, 0.15) is 30.1 Å². The molecule has 2 heterocycles. The maximum Gasteiger partial charge on any atom is 0.0847 e. The Morgan fingerprint density at radius 2 is 2.38 bits per heavy atom. The quantitative estimate of drug-likeness (QED) is 0.678. The summed E-state index contributed by atoms with van der Waals surface area (Å²) in [6.07, 6.45) is 2.28. The van der Waals surface area contributed by atoms with E-state index in [0.717, 1.165) is 43.9 Å². The Balaban J connectivity index is 1.98. The Hall–Kier alpha value is -0.910. The molecule has 0 aliphatic carbocycles. The summed E-state index contributed by atoms with van der Waals surface area (Å²) in [7, 11) is 0. The van der Waals surface area contributed by atoms with Crippen molar-refractivity contribution in [2.24, 2.45) is 0 Å². The maximum absolute atomic E-state index is 8.97. The first-order chi connectivity index (χ1) is 7.83. The zero-order valence-electron chi connectivity index (χ0n) is 9.39. The van der Waals surface area contributed by atoms with Crippen LogP contribution < -0.4 is 0 Å². The van der Waals surface area contributed by atoms with Gasteiger partial charge in [-0.15, -0.1) is 0 Å². The lowest BCUT2D eigenvalue weighted by Crippen LogP contribution is -2.36. The van der Waals surface area contributed by atoms with Gasteiger partial charge < -0.3 is 15.1 Å². The number of nitrogens with one attached hydrogen (secondary N) is 1. The minimum Gasteiger partial charge on any atom is -0.395 e. The lowest BCUT2D eigenvalue weighted by atomic mass is 9.95. The topological polar surface area (TPSA) is 72.4 Å². The van der Waals surface area contributed by atoms with Crippen LogP contribution in [0.2, 0.25) is 0 Å². The van der Waals surface area contributed by atoms with E-state index in [2.05, 4.69) is 15.1 Å². The van der Waals surface area contributed by atoms with Crippen molar-refractivity contribution in [3.63, 3.8) is 0 Å². The fourth-order valence-electron chi connectivity index (χ4n) is 2.31. The second-order valence-electron chi connectivity index (χ2n) is 4.34. The second kappa shape index (κ2) is 5.43. The molecule has 1 saturated heterocycles. The van der Waals surface area contributed by atoms with Crippen LogP contribution in [-0.2, 0) is 6.61 Å². The molecular weight excluding hydrogens is 206 g/mol. The lowest BCUT2D eigenvalue weighted by molar-refractivity contribution is 0.160. The molecule has 1 aliphatic heterocycles. The summed E-state index contributed by atoms with van der Waals surface area (Å²) in [5.74, 6) is 0.428. The van der Waals surface area contributed by atoms with Crippen molar-refractivity contribution >= 4 is 0 Å². The first-order valence-electron chi connectivity index (χ1n) is 5.81. The van der Waals surface area contributed by atoms with Gasteiger partial charge in [0.05, 0.1) is 24.6 Å². The normalized spacial score (nSPS) is 22.5. The van der Waals surface area contributed by atoms with Crippen LogP contribution in [0.5, 0.6) is 0 Å². The van der Waals surface area contributed by atoms with Crippen molar-refractivity contribution in [1.29, 1.82) is 0 Å². The molecule has 5 nitrogen and oxygen atoms in total. The summed E-state index contributed by atoms with van der Waals surface area (Å²) in [5.41, 5.74) is 1.81. The van der Waals surface area contributed by atoms with E-state index in [1.54, 1.807) is 0 Å². The van der Waals surface area contributed by atoms with Crippen molar-refractivity contribution in [3.05, 3.63) is 17.5 Å². The van der Waals surface area contributed by atoms with E-state index in [1.165, 1.54) is 0 Å². The summed E-state index contributed by atoms with van der Waals surface area (Å²) in [4.78, 5) is 2.27. The Bertz CT molecular complexity index is 325. The number of rotatable bonds is 4. The molecule has 5 heteroatoms. The third-order valence-corrected chi connectivity index (χ3v) is 3.16. The molecule has 0 saturated carbocycles. The molecule has 0 radical (unpaired) electrons. The monoisotopic (exact) mass is 225 g/mol. The zero-order chi connectivity index (χ0) is 11.4. The van der Waals surface area contributed by atoms with E-state index >= 15 is 0 Å². The number of piperidine rings is 1. The van der Waals surface area contributed by atoms with Gasteiger partial charge in [-0.25, -0.2) is 0 Å². The van der Waals surface area contributed by atoms with Gasteiger partial charge in [-0.1, -0.05) is 0 Å². The third kappa shape index (κ3) is 2.61. The molecule has 1 aromatic heterocycles. The van der Waals surface area contributed by atoms with Crippen LogP contribution in [0, 0.1) is 0 Å². The zero-order valence-corrected chi connectivity index (χ0v) is 9.39. The average molecular weight is 225 g/mol. The molecule has 0 amide bonds. The van der Waals surface area contributed by atoms with Gasteiger partial charge in [0.2, 0.25) is 0 Å². The molecule has 1 aliphatic rings. The lowest BCUT2D eigenvalue weighted by Gasteiger charge is -2.31. The standard InChI is InChI=1S/C11H19N3O2/c15-5-4-14-3-1-2-9(7-14)11-6-10(8-16)12-13-11/h6,9,15-16H,1-5,7-8H2,(H,12,13)/t9-/m1/s1. The van der Waals surface area contributed by atoms with Gasteiger partial charge in [-0.2, -0.15) is 5.10 Å². The first kappa shape index (κ1) is 11.6. The van der Waals surface area contributed by atoms with Crippen LogP contribution in [-0.4, -0.2) is 51.6 Å². The molecule has 0 spiro atoms. The Kier molecular flexibility index (Phi) is 3.93. The van der Waals surface area contributed by atoms with E-state index in [0.29, 0.717) is 5.92 Å². The minimum absolute atomic E-state index is 0.0140. The number of aliphatic hydroxyl groups is 2. The van der Waals surface area contributed by atoms with Crippen LogP contribution >= 0.6 is 0 Å². The molecule has 0 bridgehead atoms. The second-order valence-corrected chi connectivity index (χ2v) is 4.34. The van der Waals surface area contributed by atoms with Crippen LogP contribution in [0.3, 0.4) is 0 Å². The van der Waals surface area contributed by atoms with Crippen molar-refractivity contribution in [3.8, 4) is 0 Å². The molecule has 16 heavy (non-hydrogen) atoms. The van der Waals surface area contributed by atoms with E-state index in [-0.39, 0.29) is 13.2 Å².